The molecule has 0 aliphatic heterocycles. The highest BCUT2D eigenvalue weighted by Crippen LogP contribution is 2.21. The average molecular weight is 290 g/mol. The fourth-order valence-electron chi connectivity index (χ4n) is 1.38. The van der Waals surface area contributed by atoms with Gasteiger partial charge in [-0.05, 0) is 25.5 Å². The molecule has 0 heterocycles. The van der Waals surface area contributed by atoms with E-state index in [0.717, 1.165) is 12.5 Å². The molecule has 6 heteroatoms. The molecule has 0 saturated carbocycles. The maximum atomic E-state index is 13.2. The molecule has 1 amide bonds. The summed E-state index contributed by atoms with van der Waals surface area (Å²) >= 11 is 5.56. The van der Waals surface area contributed by atoms with Crippen molar-refractivity contribution in [3.05, 3.63) is 29.0 Å². The van der Waals surface area contributed by atoms with Crippen molar-refractivity contribution in [3.8, 4) is 5.75 Å². The van der Waals surface area contributed by atoms with E-state index >= 15 is 0 Å². The largest absolute Gasteiger partial charge is 0.481 e. The molecule has 106 valence electrons. The molecule has 0 aromatic heterocycles. The van der Waals surface area contributed by atoms with Crippen LogP contribution in [0.2, 0.25) is 5.02 Å². The Morgan fingerprint density at radius 2 is 2.26 bits per heavy atom. The highest BCUT2D eigenvalue weighted by Gasteiger charge is 2.14. The Labute approximate surface area is 116 Å². The molecule has 1 aromatic rings. The number of ether oxygens (including phenoxy) is 2. The standard InChI is InChI=1S/C13H17ClFNO3/c1-9(13(17)16-6-3-7-18-2)19-10-4-5-11(14)12(15)8-10/h4-5,8-9H,3,6-7H2,1-2H3,(H,16,17). The predicted molar refractivity (Wildman–Crippen MR) is 71.0 cm³/mol. The summed E-state index contributed by atoms with van der Waals surface area (Å²) in [7, 11) is 1.60. The van der Waals surface area contributed by atoms with Gasteiger partial charge in [0.2, 0.25) is 0 Å². The van der Waals surface area contributed by atoms with Gasteiger partial charge in [0.25, 0.3) is 5.91 Å². The number of methoxy groups -OCH3 is 1. The number of carbonyl (C=O) groups excluding carboxylic acids is 1. The van der Waals surface area contributed by atoms with Gasteiger partial charge >= 0.3 is 0 Å². The van der Waals surface area contributed by atoms with Crippen molar-refractivity contribution >= 4 is 17.5 Å². The number of benzene rings is 1. The smallest absolute Gasteiger partial charge is 0.260 e. The summed E-state index contributed by atoms with van der Waals surface area (Å²) in [6.45, 7) is 2.69. The van der Waals surface area contributed by atoms with Crippen molar-refractivity contribution in [1.82, 2.24) is 5.32 Å². The lowest BCUT2D eigenvalue weighted by Crippen LogP contribution is -2.37. The maximum Gasteiger partial charge on any atom is 0.260 e. The zero-order valence-corrected chi connectivity index (χ0v) is 11.7. The van der Waals surface area contributed by atoms with Crippen LogP contribution in [0.25, 0.3) is 0 Å². The molecule has 1 unspecified atom stereocenters. The zero-order valence-electron chi connectivity index (χ0n) is 10.9. The van der Waals surface area contributed by atoms with Crippen molar-refractivity contribution in [2.75, 3.05) is 20.3 Å². The van der Waals surface area contributed by atoms with Crippen molar-refractivity contribution in [1.29, 1.82) is 0 Å². The average Bonchev–Trinajstić information content (AvgIpc) is 2.38. The highest BCUT2D eigenvalue weighted by molar-refractivity contribution is 6.30. The summed E-state index contributed by atoms with van der Waals surface area (Å²) in [5.41, 5.74) is 0. The molecule has 0 radical (unpaired) electrons. The molecular weight excluding hydrogens is 273 g/mol. The Kier molecular flexibility index (Phi) is 6.59. The number of nitrogens with one attached hydrogen (secondary N) is 1. The Bertz CT molecular complexity index is 428. The number of hydrogen-bond donors (Lipinski definition) is 1. The van der Waals surface area contributed by atoms with Gasteiger partial charge in [-0.15, -0.1) is 0 Å². The second kappa shape index (κ2) is 7.96. The van der Waals surface area contributed by atoms with E-state index in [1.54, 1.807) is 14.0 Å². The minimum atomic E-state index is -0.705. The van der Waals surface area contributed by atoms with Gasteiger partial charge in [0.05, 0.1) is 5.02 Å². The molecule has 19 heavy (non-hydrogen) atoms. The normalized spacial score (nSPS) is 12.0. The van der Waals surface area contributed by atoms with Gasteiger partial charge in [-0.25, -0.2) is 4.39 Å². The van der Waals surface area contributed by atoms with E-state index in [1.807, 2.05) is 0 Å². The quantitative estimate of drug-likeness (QED) is 0.784. The van der Waals surface area contributed by atoms with Crippen LogP contribution in [-0.4, -0.2) is 32.3 Å². The molecule has 0 aliphatic carbocycles. The fraction of sp³-hybridized carbons (Fsp3) is 0.462. The summed E-state index contributed by atoms with van der Waals surface area (Å²) in [5, 5.41) is 2.72. The first-order valence-corrected chi connectivity index (χ1v) is 6.30. The molecule has 0 aliphatic rings. The van der Waals surface area contributed by atoms with E-state index in [0.29, 0.717) is 13.2 Å². The Morgan fingerprint density at radius 1 is 1.53 bits per heavy atom. The first-order valence-electron chi connectivity index (χ1n) is 5.93. The summed E-state index contributed by atoms with van der Waals surface area (Å²) in [4.78, 5) is 11.7. The topological polar surface area (TPSA) is 47.6 Å². The van der Waals surface area contributed by atoms with Gasteiger partial charge in [-0.1, -0.05) is 11.6 Å². The minimum Gasteiger partial charge on any atom is -0.481 e. The molecule has 1 aromatic carbocycles. The van der Waals surface area contributed by atoms with Crippen molar-refractivity contribution in [3.63, 3.8) is 0 Å². The van der Waals surface area contributed by atoms with Crippen LogP contribution >= 0.6 is 11.6 Å². The molecule has 1 atom stereocenters. The van der Waals surface area contributed by atoms with Crippen LogP contribution in [0.3, 0.4) is 0 Å². The van der Waals surface area contributed by atoms with E-state index < -0.39 is 11.9 Å². The molecule has 1 rings (SSSR count). The monoisotopic (exact) mass is 289 g/mol. The minimum absolute atomic E-state index is 0.0176. The van der Waals surface area contributed by atoms with Gasteiger partial charge in [-0.2, -0.15) is 0 Å². The lowest BCUT2D eigenvalue weighted by Gasteiger charge is -2.14. The van der Waals surface area contributed by atoms with Crippen LogP contribution in [0, 0.1) is 5.82 Å². The van der Waals surface area contributed by atoms with Crippen LogP contribution in [0.15, 0.2) is 18.2 Å². The molecule has 0 saturated heterocycles. The Hall–Kier alpha value is -1.33. The summed E-state index contributed by atoms with van der Waals surface area (Å²) in [6, 6.07) is 4.05. The summed E-state index contributed by atoms with van der Waals surface area (Å²) < 4.78 is 23.4. The number of halogens is 2. The van der Waals surface area contributed by atoms with Gasteiger partial charge in [0, 0.05) is 26.3 Å². The molecule has 4 nitrogen and oxygen atoms in total. The Morgan fingerprint density at radius 3 is 2.89 bits per heavy atom. The first-order chi connectivity index (χ1) is 9.04. The lowest BCUT2D eigenvalue weighted by molar-refractivity contribution is -0.127. The fourth-order valence-corrected chi connectivity index (χ4v) is 1.50. The highest BCUT2D eigenvalue weighted by atomic mass is 35.5. The third-order valence-corrected chi connectivity index (χ3v) is 2.70. The lowest BCUT2D eigenvalue weighted by atomic mass is 10.3. The molecule has 0 spiro atoms. The molecular formula is C13H17ClFNO3. The van der Waals surface area contributed by atoms with Crippen molar-refractivity contribution in [2.45, 2.75) is 19.4 Å². The van der Waals surface area contributed by atoms with Gasteiger partial charge in [-0.3, -0.25) is 4.79 Å². The van der Waals surface area contributed by atoms with Crippen LogP contribution < -0.4 is 10.1 Å². The van der Waals surface area contributed by atoms with Crippen molar-refractivity contribution < 1.29 is 18.7 Å². The maximum absolute atomic E-state index is 13.2. The number of rotatable bonds is 7. The summed E-state index contributed by atoms with van der Waals surface area (Å²) in [6.07, 6.45) is 0.0213. The van der Waals surface area contributed by atoms with E-state index in [-0.39, 0.29) is 16.7 Å². The van der Waals surface area contributed by atoms with E-state index in [1.165, 1.54) is 12.1 Å². The van der Waals surface area contributed by atoms with E-state index in [2.05, 4.69) is 5.32 Å². The van der Waals surface area contributed by atoms with Gasteiger partial charge in [0.15, 0.2) is 6.10 Å². The third kappa shape index (κ3) is 5.44. The molecule has 1 N–H and O–H groups in total. The van der Waals surface area contributed by atoms with Crippen LogP contribution in [-0.2, 0) is 9.53 Å². The van der Waals surface area contributed by atoms with Gasteiger partial charge < -0.3 is 14.8 Å². The van der Waals surface area contributed by atoms with Crippen LogP contribution in [0.5, 0.6) is 5.75 Å². The zero-order chi connectivity index (χ0) is 14.3. The Balaban J connectivity index is 2.42. The second-order valence-electron chi connectivity index (χ2n) is 3.97. The third-order valence-electron chi connectivity index (χ3n) is 2.40. The SMILES string of the molecule is COCCCNC(=O)C(C)Oc1ccc(Cl)c(F)c1. The number of carbonyl (C=O) groups is 1. The molecule has 0 bridgehead atoms. The van der Waals surface area contributed by atoms with E-state index in [4.69, 9.17) is 21.1 Å². The van der Waals surface area contributed by atoms with E-state index in [9.17, 15) is 9.18 Å². The number of amides is 1. The van der Waals surface area contributed by atoms with Gasteiger partial charge in [0.1, 0.15) is 11.6 Å². The second-order valence-corrected chi connectivity index (χ2v) is 4.38. The number of hydrogen-bond acceptors (Lipinski definition) is 3. The van der Waals surface area contributed by atoms with Crippen LogP contribution in [0.1, 0.15) is 13.3 Å². The predicted octanol–water partition coefficient (Wildman–Crippen LogP) is 2.40. The summed E-state index contributed by atoms with van der Waals surface area (Å²) in [5.74, 6) is -0.570. The van der Waals surface area contributed by atoms with Crippen molar-refractivity contribution in [2.24, 2.45) is 0 Å². The van der Waals surface area contributed by atoms with Crippen LogP contribution in [0.4, 0.5) is 4.39 Å². The first kappa shape index (κ1) is 15.7. The molecule has 0 fully saturated rings.